The summed E-state index contributed by atoms with van der Waals surface area (Å²) in [4.78, 5) is 0. The highest BCUT2D eigenvalue weighted by Crippen LogP contribution is 2.41. The molecular weight excluding hydrogens is 544 g/mol. The summed E-state index contributed by atoms with van der Waals surface area (Å²) in [5.74, 6) is 0. The maximum atomic E-state index is 3.59. The van der Waals surface area contributed by atoms with Gasteiger partial charge in [-0.25, -0.2) is 0 Å². The summed E-state index contributed by atoms with van der Waals surface area (Å²) in [7, 11) is 0. The molecule has 0 heterocycles. The van der Waals surface area contributed by atoms with Crippen molar-refractivity contribution >= 4 is 79.6 Å². The van der Waals surface area contributed by atoms with Crippen molar-refractivity contribution in [3.8, 4) is 11.1 Å². The molecule has 0 aromatic heterocycles. The second-order valence-corrected chi connectivity index (χ2v) is 7.61. The summed E-state index contributed by atoms with van der Waals surface area (Å²) < 4.78 is 5.21. The van der Waals surface area contributed by atoms with E-state index in [4.69, 9.17) is 0 Å². The minimum Gasteiger partial charge on any atom is -0.0600 e. The Labute approximate surface area is 142 Å². The van der Waals surface area contributed by atoms with Gasteiger partial charge in [0.1, 0.15) is 0 Å². The van der Waals surface area contributed by atoms with Gasteiger partial charge in [-0.1, -0.05) is 53.9 Å². The van der Waals surface area contributed by atoms with Crippen LogP contribution in [0.5, 0.6) is 0 Å². The number of rotatable bonds is 1. The van der Waals surface area contributed by atoms with Crippen molar-refractivity contribution in [1.29, 1.82) is 0 Å². The Morgan fingerprint density at radius 3 is 1.71 bits per heavy atom. The van der Waals surface area contributed by atoms with E-state index in [0.29, 0.717) is 0 Å². The average Bonchev–Trinajstić information content (AvgIpc) is 2.25. The molecule has 0 fully saturated rings. The monoisotopic (exact) mass is 544 g/mol. The van der Waals surface area contributed by atoms with E-state index in [1.54, 1.807) is 0 Å². The summed E-state index contributed by atoms with van der Waals surface area (Å²) in [6.45, 7) is 0. The molecule has 5 heteroatoms. The molecular formula is C12H5Br5. The summed E-state index contributed by atoms with van der Waals surface area (Å²) in [6.07, 6.45) is 0. The topological polar surface area (TPSA) is 0 Å². The molecule has 0 aliphatic rings. The molecule has 0 N–H and O–H groups in total. The molecule has 88 valence electrons. The fourth-order valence-corrected chi connectivity index (χ4v) is 4.43. The van der Waals surface area contributed by atoms with Gasteiger partial charge < -0.3 is 0 Å². The molecule has 0 saturated carbocycles. The van der Waals surface area contributed by atoms with Crippen LogP contribution in [0.15, 0.2) is 52.7 Å². The van der Waals surface area contributed by atoms with Crippen molar-refractivity contribution in [3.05, 3.63) is 52.7 Å². The molecule has 2 aromatic rings. The number of hydrogen-bond acceptors (Lipinski definition) is 0. The zero-order valence-corrected chi connectivity index (χ0v) is 16.2. The van der Waals surface area contributed by atoms with Crippen LogP contribution in [0.2, 0.25) is 0 Å². The van der Waals surface area contributed by atoms with Gasteiger partial charge >= 0.3 is 0 Å². The van der Waals surface area contributed by atoms with E-state index in [-0.39, 0.29) is 0 Å². The van der Waals surface area contributed by atoms with Gasteiger partial charge in [0, 0.05) is 27.9 Å². The zero-order valence-electron chi connectivity index (χ0n) is 8.28. The van der Waals surface area contributed by atoms with Crippen LogP contribution >= 0.6 is 79.6 Å². The van der Waals surface area contributed by atoms with Gasteiger partial charge in [0.15, 0.2) is 0 Å². The van der Waals surface area contributed by atoms with Gasteiger partial charge in [0.2, 0.25) is 0 Å². The molecule has 0 radical (unpaired) electrons. The number of benzene rings is 2. The standard InChI is InChI=1S/C12H5Br5/c13-7-2-1-3-8(14)12(7)6-4-10(16)11(17)5-9(6)15/h1-5H. The molecule has 2 aromatic carbocycles. The van der Waals surface area contributed by atoms with Gasteiger partial charge in [-0.15, -0.1) is 0 Å². The second kappa shape index (κ2) is 5.87. The first-order chi connectivity index (χ1) is 8.00. The van der Waals surface area contributed by atoms with Gasteiger partial charge in [-0.3, -0.25) is 0 Å². The van der Waals surface area contributed by atoms with Crippen molar-refractivity contribution in [2.45, 2.75) is 0 Å². The van der Waals surface area contributed by atoms with Crippen molar-refractivity contribution in [1.82, 2.24) is 0 Å². The van der Waals surface area contributed by atoms with E-state index in [1.807, 2.05) is 24.3 Å². The Hall–Kier alpha value is 0.840. The molecule has 0 saturated heterocycles. The summed E-state index contributed by atoms with van der Waals surface area (Å²) >= 11 is 17.8. The van der Waals surface area contributed by atoms with Gasteiger partial charge in [0.05, 0.1) is 0 Å². The number of hydrogen-bond donors (Lipinski definition) is 0. The van der Waals surface area contributed by atoms with Gasteiger partial charge in [-0.2, -0.15) is 0 Å². The predicted molar refractivity (Wildman–Crippen MR) is 90.4 cm³/mol. The molecule has 0 unspecified atom stereocenters. The third-order valence-corrected chi connectivity index (χ3v) is 6.06. The molecule has 0 aliphatic heterocycles. The normalized spacial score (nSPS) is 10.6. The van der Waals surface area contributed by atoms with Crippen LogP contribution in [-0.2, 0) is 0 Å². The SMILES string of the molecule is Brc1cc(Br)c(-c2c(Br)cccc2Br)cc1Br. The van der Waals surface area contributed by atoms with Crippen LogP contribution < -0.4 is 0 Å². The smallest absolute Gasteiger partial charge is 0.0329 e. The Morgan fingerprint density at radius 2 is 1.12 bits per heavy atom. The maximum Gasteiger partial charge on any atom is 0.0329 e. The molecule has 0 atom stereocenters. The summed E-state index contributed by atoms with van der Waals surface area (Å²) in [5, 5.41) is 0. The lowest BCUT2D eigenvalue weighted by Crippen LogP contribution is -1.85. The van der Waals surface area contributed by atoms with Crippen molar-refractivity contribution in [3.63, 3.8) is 0 Å². The lowest BCUT2D eigenvalue weighted by atomic mass is 10.1. The van der Waals surface area contributed by atoms with Crippen LogP contribution in [0, 0.1) is 0 Å². The fourth-order valence-electron chi connectivity index (χ4n) is 1.47. The van der Waals surface area contributed by atoms with Crippen LogP contribution in [-0.4, -0.2) is 0 Å². The van der Waals surface area contributed by atoms with E-state index in [9.17, 15) is 0 Å². The Morgan fingerprint density at radius 1 is 0.588 bits per heavy atom. The van der Waals surface area contributed by atoms with E-state index in [2.05, 4.69) is 85.7 Å². The summed E-state index contributed by atoms with van der Waals surface area (Å²) in [5.41, 5.74) is 2.26. The van der Waals surface area contributed by atoms with Crippen LogP contribution in [0.25, 0.3) is 11.1 Å². The van der Waals surface area contributed by atoms with E-state index < -0.39 is 0 Å². The molecule has 0 nitrogen and oxygen atoms in total. The largest absolute Gasteiger partial charge is 0.0600 e. The third-order valence-electron chi connectivity index (χ3n) is 2.24. The van der Waals surface area contributed by atoms with Gasteiger partial charge in [-0.05, 0) is 61.7 Å². The lowest BCUT2D eigenvalue weighted by Gasteiger charge is -2.11. The fraction of sp³-hybridized carbons (Fsp3) is 0. The molecule has 0 aliphatic carbocycles. The average molecular weight is 549 g/mol. The summed E-state index contributed by atoms with van der Waals surface area (Å²) in [6, 6.07) is 10.2. The Balaban J connectivity index is 2.73. The first kappa shape index (κ1) is 14.3. The zero-order chi connectivity index (χ0) is 12.6. The highest BCUT2D eigenvalue weighted by Gasteiger charge is 2.12. The van der Waals surface area contributed by atoms with E-state index >= 15 is 0 Å². The molecule has 0 amide bonds. The van der Waals surface area contributed by atoms with Crippen molar-refractivity contribution < 1.29 is 0 Å². The van der Waals surface area contributed by atoms with Crippen molar-refractivity contribution in [2.75, 3.05) is 0 Å². The molecule has 0 bridgehead atoms. The lowest BCUT2D eigenvalue weighted by molar-refractivity contribution is 1.49. The predicted octanol–water partition coefficient (Wildman–Crippen LogP) is 7.17. The minimum atomic E-state index is 1.02. The first-order valence-electron chi connectivity index (χ1n) is 4.59. The Kier molecular flexibility index (Phi) is 4.92. The third kappa shape index (κ3) is 3.06. The minimum absolute atomic E-state index is 1.02. The van der Waals surface area contributed by atoms with Crippen molar-refractivity contribution in [2.24, 2.45) is 0 Å². The first-order valence-corrected chi connectivity index (χ1v) is 8.56. The van der Waals surface area contributed by atoms with Crippen LogP contribution in [0.4, 0.5) is 0 Å². The van der Waals surface area contributed by atoms with E-state index in [1.165, 1.54) is 0 Å². The quantitative estimate of drug-likeness (QED) is 0.332. The molecule has 2 rings (SSSR count). The second-order valence-electron chi connectivity index (χ2n) is 3.34. The maximum absolute atomic E-state index is 3.59. The van der Waals surface area contributed by atoms with Crippen LogP contribution in [0.3, 0.4) is 0 Å². The Bertz CT molecular complexity index is 557. The van der Waals surface area contributed by atoms with Crippen LogP contribution in [0.1, 0.15) is 0 Å². The molecule has 17 heavy (non-hydrogen) atoms. The van der Waals surface area contributed by atoms with Gasteiger partial charge in [0.25, 0.3) is 0 Å². The van der Waals surface area contributed by atoms with E-state index in [0.717, 1.165) is 33.5 Å². The molecule has 0 spiro atoms. The highest BCUT2D eigenvalue weighted by atomic mass is 79.9. The number of halogens is 5. The highest BCUT2D eigenvalue weighted by molar-refractivity contribution is 9.13.